The lowest BCUT2D eigenvalue weighted by atomic mass is 9.96. The van der Waals surface area contributed by atoms with Crippen molar-refractivity contribution in [2.45, 2.75) is 0 Å². The van der Waals surface area contributed by atoms with Gasteiger partial charge in [0.1, 0.15) is 0 Å². The molecule has 0 spiro atoms. The zero-order valence-electron chi connectivity index (χ0n) is 51.5. The van der Waals surface area contributed by atoms with Crippen LogP contribution < -0.4 is 0 Å². The van der Waals surface area contributed by atoms with Crippen LogP contribution in [0.3, 0.4) is 0 Å². The summed E-state index contributed by atoms with van der Waals surface area (Å²) in [6.45, 7) is 0. The van der Waals surface area contributed by atoms with Gasteiger partial charge in [-0.1, -0.05) is 158 Å². The Labute approximate surface area is 550 Å². The van der Waals surface area contributed by atoms with Crippen LogP contribution in [0.25, 0.3) is 188 Å². The molecule has 19 aromatic rings. The second-order valence-corrected chi connectivity index (χ2v) is 24.5. The first-order valence-electron chi connectivity index (χ1n) is 32.0. The van der Waals surface area contributed by atoms with Crippen LogP contribution in [0.1, 0.15) is 0 Å². The molecule has 96 heavy (non-hydrogen) atoms. The van der Waals surface area contributed by atoms with E-state index in [4.69, 9.17) is 19.9 Å². The van der Waals surface area contributed by atoms with Crippen molar-refractivity contribution in [2.24, 2.45) is 0 Å². The quantitative estimate of drug-likeness (QED) is 0.133. The standard InChI is InChI=1S/C86H52N10/c1-3-7-81-71(5-1)85-83(95(81)69-45-65(53-9-17-57(18-10-53)73-29-25-61-35-39-87-49-77(61)91-73)43-66(46-69)54-11-19-58(20-12-54)74-30-26-62-36-40-88-50-78(62)92-74)33-34-84-86(85)72-6-2-4-8-82(72)96(84)70-47-67(55-13-21-59(22-14-55)75-31-27-63-37-41-89-51-79(63)93-75)44-68(48-70)56-15-23-60(24-16-56)76-32-28-64-38-42-90-52-80(64)94-76/h1-52H. The van der Waals surface area contributed by atoms with Crippen LogP contribution in [-0.4, -0.2) is 49.0 Å². The van der Waals surface area contributed by atoms with Gasteiger partial charge in [0.25, 0.3) is 0 Å². The highest BCUT2D eigenvalue weighted by atomic mass is 15.0. The summed E-state index contributed by atoms with van der Waals surface area (Å²) in [7, 11) is 0. The maximum Gasteiger partial charge on any atom is 0.0892 e. The number of para-hydroxylation sites is 2. The number of aromatic nitrogens is 10. The molecule has 0 bridgehead atoms. The number of rotatable bonds is 10. The molecular weight excluding hydrogens is 1170 g/mol. The fraction of sp³-hybridized carbons (Fsp3) is 0. The van der Waals surface area contributed by atoms with Gasteiger partial charge >= 0.3 is 0 Å². The summed E-state index contributed by atoms with van der Waals surface area (Å²) in [5.41, 5.74) is 26.5. The molecule has 19 rings (SSSR count). The van der Waals surface area contributed by atoms with Crippen LogP contribution in [0, 0.1) is 0 Å². The Morgan fingerprint density at radius 1 is 0.208 bits per heavy atom. The first-order valence-corrected chi connectivity index (χ1v) is 32.0. The highest BCUT2D eigenvalue weighted by molar-refractivity contribution is 6.29. The maximum absolute atomic E-state index is 5.00. The van der Waals surface area contributed by atoms with Gasteiger partial charge in [-0.05, 0) is 154 Å². The third-order valence-corrected chi connectivity index (χ3v) is 18.9. The molecule has 0 fully saturated rings. The fourth-order valence-corrected chi connectivity index (χ4v) is 14.1. The topological polar surface area (TPSA) is 113 Å². The second-order valence-electron chi connectivity index (χ2n) is 24.5. The minimum atomic E-state index is 0.867. The van der Waals surface area contributed by atoms with E-state index < -0.39 is 0 Å². The first kappa shape index (κ1) is 54.5. The Hall–Kier alpha value is -13.2. The summed E-state index contributed by atoms with van der Waals surface area (Å²) in [6, 6.07) is 96.4. The molecule has 0 amide bonds. The van der Waals surface area contributed by atoms with E-state index in [0.717, 1.165) is 167 Å². The molecule has 446 valence electrons. The lowest BCUT2D eigenvalue weighted by Crippen LogP contribution is -1.97. The van der Waals surface area contributed by atoms with Gasteiger partial charge in [0.2, 0.25) is 0 Å². The lowest BCUT2D eigenvalue weighted by molar-refractivity contribution is 1.17. The minimum Gasteiger partial charge on any atom is -0.309 e. The summed E-state index contributed by atoms with van der Waals surface area (Å²) in [5, 5.41) is 8.95. The van der Waals surface area contributed by atoms with Gasteiger partial charge in [0, 0.05) is 102 Å². The van der Waals surface area contributed by atoms with E-state index in [1.807, 2.05) is 49.1 Å². The average molecular weight is 1230 g/mol. The molecule has 0 atom stereocenters. The molecule has 9 aromatic carbocycles. The number of pyridine rings is 8. The number of benzene rings is 9. The normalized spacial score (nSPS) is 11.8. The van der Waals surface area contributed by atoms with Gasteiger partial charge in [0.15, 0.2) is 0 Å². The Balaban J connectivity index is 0.773. The Kier molecular flexibility index (Phi) is 12.7. The lowest BCUT2D eigenvalue weighted by Gasteiger charge is -2.15. The largest absolute Gasteiger partial charge is 0.309 e. The van der Waals surface area contributed by atoms with Gasteiger partial charge in [-0.25, -0.2) is 19.9 Å². The summed E-state index contributed by atoms with van der Waals surface area (Å²) < 4.78 is 4.93. The summed E-state index contributed by atoms with van der Waals surface area (Å²) >= 11 is 0. The molecule has 0 aliphatic heterocycles. The first-order chi connectivity index (χ1) is 47.5. The third-order valence-electron chi connectivity index (χ3n) is 18.9. The van der Waals surface area contributed by atoms with E-state index in [-0.39, 0.29) is 0 Å². The molecule has 10 nitrogen and oxygen atoms in total. The predicted octanol–water partition coefficient (Wildman–Crippen LogP) is 21.0. The molecule has 0 saturated carbocycles. The van der Waals surface area contributed by atoms with Crippen molar-refractivity contribution in [1.29, 1.82) is 0 Å². The molecule has 10 aromatic heterocycles. The van der Waals surface area contributed by atoms with Crippen molar-refractivity contribution in [3.05, 3.63) is 316 Å². The highest BCUT2D eigenvalue weighted by Gasteiger charge is 2.23. The van der Waals surface area contributed by atoms with E-state index in [1.54, 1.807) is 24.8 Å². The summed E-state index contributed by atoms with van der Waals surface area (Å²) in [4.78, 5) is 37.4. The molecule has 0 aliphatic carbocycles. The molecule has 10 heteroatoms. The third kappa shape index (κ3) is 9.42. The van der Waals surface area contributed by atoms with E-state index in [0.29, 0.717) is 0 Å². The van der Waals surface area contributed by atoms with Crippen molar-refractivity contribution in [3.8, 4) is 101 Å². The van der Waals surface area contributed by atoms with Gasteiger partial charge in [-0.2, -0.15) is 0 Å². The summed E-state index contributed by atoms with van der Waals surface area (Å²) in [6.07, 6.45) is 14.5. The zero-order valence-corrected chi connectivity index (χ0v) is 51.5. The fourth-order valence-electron chi connectivity index (χ4n) is 14.1. The van der Waals surface area contributed by atoms with E-state index in [9.17, 15) is 0 Å². The van der Waals surface area contributed by atoms with Gasteiger partial charge in [0.05, 0.1) is 91.7 Å². The van der Waals surface area contributed by atoms with Crippen LogP contribution in [0.2, 0.25) is 0 Å². The highest BCUT2D eigenvalue weighted by Crippen LogP contribution is 2.45. The Morgan fingerprint density at radius 2 is 0.479 bits per heavy atom. The summed E-state index contributed by atoms with van der Waals surface area (Å²) in [5.74, 6) is 0. The molecular formula is C86H52N10. The van der Waals surface area contributed by atoms with Crippen molar-refractivity contribution in [2.75, 3.05) is 0 Å². The van der Waals surface area contributed by atoms with Crippen LogP contribution in [0.5, 0.6) is 0 Å². The molecule has 0 N–H and O–H groups in total. The zero-order chi connectivity index (χ0) is 63.2. The molecule has 0 aliphatic rings. The molecule has 0 unspecified atom stereocenters. The second kappa shape index (κ2) is 22.3. The van der Waals surface area contributed by atoms with Crippen molar-refractivity contribution >= 4 is 87.2 Å². The van der Waals surface area contributed by atoms with Crippen LogP contribution in [0.4, 0.5) is 0 Å². The van der Waals surface area contributed by atoms with E-state index >= 15 is 0 Å². The minimum absolute atomic E-state index is 0.867. The van der Waals surface area contributed by atoms with Gasteiger partial charge in [-0.15, -0.1) is 0 Å². The number of hydrogen-bond acceptors (Lipinski definition) is 8. The van der Waals surface area contributed by atoms with Crippen LogP contribution in [-0.2, 0) is 0 Å². The van der Waals surface area contributed by atoms with Crippen molar-refractivity contribution in [1.82, 2.24) is 49.0 Å². The maximum atomic E-state index is 5.00. The van der Waals surface area contributed by atoms with Gasteiger partial charge in [-0.3, -0.25) is 19.9 Å². The van der Waals surface area contributed by atoms with E-state index in [1.165, 1.54) is 21.5 Å². The molecule has 0 radical (unpaired) electrons. The Morgan fingerprint density at radius 3 is 0.771 bits per heavy atom. The molecule has 0 saturated heterocycles. The van der Waals surface area contributed by atoms with Crippen LogP contribution in [0.15, 0.2) is 316 Å². The van der Waals surface area contributed by atoms with E-state index in [2.05, 4.69) is 272 Å². The van der Waals surface area contributed by atoms with Crippen molar-refractivity contribution in [3.63, 3.8) is 0 Å². The number of nitrogens with zero attached hydrogens (tertiary/aromatic N) is 10. The Bertz CT molecular complexity index is 5650. The monoisotopic (exact) mass is 1220 g/mol. The predicted molar refractivity (Wildman–Crippen MR) is 391 cm³/mol. The SMILES string of the molecule is c1ccc2c(c1)c1c3c4ccccc4n(-c4cc(-c5ccc(-c6ccc7ccncc7n6)cc5)cc(-c5ccc(-c6ccc7ccncc7n6)cc5)c4)c3ccc1n2-c1cc(-c2ccc(-c3ccc4ccncc4n3)cc2)cc(-c2ccc(-c3ccc4ccncc4n3)cc2)c1. The number of fused-ring (bicyclic) bond motifs is 11. The van der Waals surface area contributed by atoms with Crippen molar-refractivity contribution < 1.29 is 0 Å². The average Bonchev–Trinajstić information content (AvgIpc) is 1.54. The van der Waals surface area contributed by atoms with Gasteiger partial charge < -0.3 is 9.13 Å². The molecule has 10 heterocycles. The smallest absolute Gasteiger partial charge is 0.0892 e. The number of hydrogen-bond donors (Lipinski definition) is 0. The van der Waals surface area contributed by atoms with Crippen LogP contribution >= 0.6 is 0 Å².